The smallest absolute Gasteiger partial charge is 0.120 e. The molecule has 2 rings (SSSR count). The van der Waals surface area contributed by atoms with Crippen molar-refractivity contribution in [2.75, 3.05) is 20.3 Å². The van der Waals surface area contributed by atoms with Gasteiger partial charge >= 0.3 is 0 Å². The van der Waals surface area contributed by atoms with Crippen LogP contribution < -0.4 is 5.32 Å². The van der Waals surface area contributed by atoms with Gasteiger partial charge in [-0.15, -0.1) is 0 Å². The Hall–Kier alpha value is -1.10. The Balaban J connectivity index is 2.01. The monoisotopic (exact) mass is 279 g/mol. The highest BCUT2D eigenvalue weighted by Crippen LogP contribution is 2.45. The quantitative estimate of drug-likeness (QED) is 0.747. The highest BCUT2D eigenvalue weighted by Gasteiger charge is 2.31. The van der Waals surface area contributed by atoms with Crippen molar-refractivity contribution < 1.29 is 14.9 Å². The van der Waals surface area contributed by atoms with Gasteiger partial charge in [0, 0.05) is 18.7 Å². The molecule has 1 aromatic rings. The van der Waals surface area contributed by atoms with Crippen LogP contribution in [0.4, 0.5) is 0 Å². The highest BCUT2D eigenvalue weighted by atomic mass is 16.5. The van der Waals surface area contributed by atoms with Crippen molar-refractivity contribution >= 4 is 0 Å². The number of aliphatic hydroxyl groups is 1. The van der Waals surface area contributed by atoms with Crippen LogP contribution in [0, 0.1) is 6.92 Å². The second-order valence-corrected chi connectivity index (χ2v) is 5.77. The van der Waals surface area contributed by atoms with E-state index >= 15 is 0 Å². The van der Waals surface area contributed by atoms with Crippen LogP contribution in [0.5, 0.6) is 5.75 Å². The summed E-state index contributed by atoms with van der Waals surface area (Å²) in [6.07, 6.45) is 1.21. The molecule has 3 atom stereocenters. The number of methoxy groups -OCH3 is 1. The van der Waals surface area contributed by atoms with Crippen molar-refractivity contribution in [3.8, 4) is 5.75 Å². The predicted octanol–water partition coefficient (Wildman–Crippen LogP) is 2.24. The van der Waals surface area contributed by atoms with Gasteiger partial charge in [-0.25, -0.2) is 0 Å². The minimum Gasteiger partial charge on any atom is -0.508 e. The molecule has 3 N–H and O–H groups in total. The molecule has 3 unspecified atom stereocenters. The number of aromatic hydroxyl groups is 1. The van der Waals surface area contributed by atoms with Gasteiger partial charge in [0.1, 0.15) is 5.75 Å². The summed E-state index contributed by atoms with van der Waals surface area (Å²) in [4.78, 5) is 0. The number of rotatable bonds is 6. The van der Waals surface area contributed by atoms with E-state index in [0.717, 1.165) is 12.0 Å². The molecule has 0 radical (unpaired) electrons. The molecule has 0 spiro atoms. The van der Waals surface area contributed by atoms with Crippen LogP contribution in [-0.4, -0.2) is 36.6 Å². The molecule has 0 fully saturated rings. The number of benzene rings is 1. The third-order valence-corrected chi connectivity index (χ3v) is 4.14. The summed E-state index contributed by atoms with van der Waals surface area (Å²) in [5.74, 6) is 0.836. The molecule has 0 aromatic heterocycles. The van der Waals surface area contributed by atoms with Gasteiger partial charge < -0.3 is 20.3 Å². The van der Waals surface area contributed by atoms with E-state index in [1.807, 2.05) is 6.07 Å². The first kappa shape index (κ1) is 15.3. The fraction of sp³-hybridized carbons (Fsp3) is 0.625. The van der Waals surface area contributed by atoms with Crippen LogP contribution in [0.15, 0.2) is 12.1 Å². The molecule has 0 saturated carbocycles. The maximum absolute atomic E-state index is 10.1. The zero-order chi connectivity index (χ0) is 14.7. The van der Waals surface area contributed by atoms with E-state index in [2.05, 4.69) is 19.2 Å². The number of aliphatic hydroxyl groups excluding tert-OH is 1. The van der Waals surface area contributed by atoms with E-state index < -0.39 is 6.10 Å². The zero-order valence-corrected chi connectivity index (χ0v) is 12.5. The molecule has 0 amide bonds. The normalized spacial score (nSPS) is 22.8. The van der Waals surface area contributed by atoms with Gasteiger partial charge in [0.25, 0.3) is 0 Å². The molecule has 1 aromatic carbocycles. The Morgan fingerprint density at radius 2 is 2.15 bits per heavy atom. The van der Waals surface area contributed by atoms with Crippen molar-refractivity contribution in [3.05, 3.63) is 28.8 Å². The minimum absolute atomic E-state index is 0.176. The Labute approximate surface area is 120 Å². The highest BCUT2D eigenvalue weighted by molar-refractivity contribution is 5.50. The summed E-state index contributed by atoms with van der Waals surface area (Å²) >= 11 is 0. The summed E-state index contributed by atoms with van der Waals surface area (Å²) in [6.45, 7) is 5.38. The number of phenolic OH excluding ortho intramolecular Hbond substituents is 1. The number of phenols is 1. The third-order valence-electron chi connectivity index (χ3n) is 4.14. The minimum atomic E-state index is -0.433. The van der Waals surface area contributed by atoms with Crippen LogP contribution in [0.3, 0.4) is 0 Å². The van der Waals surface area contributed by atoms with Crippen LogP contribution in [0.1, 0.15) is 48.4 Å². The van der Waals surface area contributed by atoms with Gasteiger partial charge in [-0.1, -0.05) is 13.0 Å². The molecule has 4 heteroatoms. The van der Waals surface area contributed by atoms with Crippen molar-refractivity contribution in [1.82, 2.24) is 5.32 Å². The van der Waals surface area contributed by atoms with Crippen LogP contribution in [0.2, 0.25) is 0 Å². The third kappa shape index (κ3) is 3.14. The Kier molecular flexibility index (Phi) is 5.02. The van der Waals surface area contributed by atoms with E-state index in [9.17, 15) is 10.2 Å². The molecule has 1 aliphatic carbocycles. The summed E-state index contributed by atoms with van der Waals surface area (Å²) < 4.78 is 4.92. The number of ether oxygens (including phenoxy) is 1. The van der Waals surface area contributed by atoms with Crippen LogP contribution >= 0.6 is 0 Å². The van der Waals surface area contributed by atoms with Gasteiger partial charge in [-0.2, -0.15) is 0 Å². The fourth-order valence-electron chi connectivity index (χ4n) is 3.23. The lowest BCUT2D eigenvalue weighted by atomic mass is 9.97. The van der Waals surface area contributed by atoms with E-state index in [-0.39, 0.29) is 6.04 Å². The molecule has 0 saturated heterocycles. The van der Waals surface area contributed by atoms with Crippen molar-refractivity contribution in [2.24, 2.45) is 0 Å². The van der Waals surface area contributed by atoms with E-state index in [4.69, 9.17) is 4.74 Å². The topological polar surface area (TPSA) is 61.7 Å². The van der Waals surface area contributed by atoms with Crippen molar-refractivity contribution in [2.45, 2.75) is 44.8 Å². The summed E-state index contributed by atoms with van der Waals surface area (Å²) in [5, 5.41) is 23.2. The molecule has 1 aliphatic rings. The average Bonchev–Trinajstić information content (AvgIpc) is 2.73. The molecule has 0 aliphatic heterocycles. The summed E-state index contributed by atoms with van der Waals surface area (Å²) in [5.41, 5.74) is 3.56. The molecule has 0 bridgehead atoms. The number of aryl methyl sites for hydroxylation is 1. The first-order chi connectivity index (χ1) is 9.54. The molecule has 20 heavy (non-hydrogen) atoms. The predicted molar refractivity (Wildman–Crippen MR) is 79.1 cm³/mol. The van der Waals surface area contributed by atoms with Gasteiger partial charge in [-0.05, 0) is 49.4 Å². The first-order valence-corrected chi connectivity index (χ1v) is 7.27. The van der Waals surface area contributed by atoms with E-state index in [1.165, 1.54) is 11.1 Å². The summed E-state index contributed by atoms with van der Waals surface area (Å²) in [7, 11) is 1.59. The van der Waals surface area contributed by atoms with Gasteiger partial charge in [0.2, 0.25) is 0 Å². The first-order valence-electron chi connectivity index (χ1n) is 7.27. The molecule has 0 heterocycles. The molecule has 4 nitrogen and oxygen atoms in total. The Morgan fingerprint density at radius 3 is 2.85 bits per heavy atom. The second kappa shape index (κ2) is 6.57. The lowest BCUT2D eigenvalue weighted by molar-refractivity contribution is 0.0589. The maximum Gasteiger partial charge on any atom is 0.120 e. The Morgan fingerprint density at radius 1 is 1.40 bits per heavy atom. The largest absolute Gasteiger partial charge is 0.508 e. The van der Waals surface area contributed by atoms with Crippen LogP contribution in [-0.2, 0) is 4.74 Å². The second-order valence-electron chi connectivity index (χ2n) is 5.77. The fourth-order valence-corrected chi connectivity index (χ4v) is 3.23. The average molecular weight is 279 g/mol. The van der Waals surface area contributed by atoms with E-state index in [1.54, 1.807) is 13.2 Å². The Bertz CT molecular complexity index is 461. The SMILES string of the molecule is COCC(O)CCNC1CC(C)c2c(C)ccc(O)c21. The standard InChI is InChI=1S/C16H25NO3/c1-10-4-5-14(19)16-13(8-11(2)15(10)16)17-7-6-12(18)9-20-3/h4-5,11-13,17-19H,6-9H2,1-3H3. The number of hydrogen-bond donors (Lipinski definition) is 3. The lowest BCUT2D eigenvalue weighted by Gasteiger charge is -2.17. The molecule has 112 valence electrons. The number of fused-ring (bicyclic) bond motifs is 1. The number of nitrogens with one attached hydrogen (secondary N) is 1. The maximum atomic E-state index is 10.1. The van der Waals surface area contributed by atoms with Gasteiger partial charge in [0.15, 0.2) is 0 Å². The lowest BCUT2D eigenvalue weighted by Crippen LogP contribution is -2.26. The number of hydrogen-bond acceptors (Lipinski definition) is 4. The van der Waals surface area contributed by atoms with Crippen LogP contribution in [0.25, 0.3) is 0 Å². The van der Waals surface area contributed by atoms with Crippen molar-refractivity contribution in [1.29, 1.82) is 0 Å². The van der Waals surface area contributed by atoms with Gasteiger partial charge in [0.05, 0.1) is 12.7 Å². The molecular weight excluding hydrogens is 254 g/mol. The van der Waals surface area contributed by atoms with Crippen molar-refractivity contribution in [3.63, 3.8) is 0 Å². The zero-order valence-electron chi connectivity index (χ0n) is 12.5. The summed E-state index contributed by atoms with van der Waals surface area (Å²) in [6, 6.07) is 3.94. The van der Waals surface area contributed by atoms with E-state index in [0.29, 0.717) is 31.2 Å². The van der Waals surface area contributed by atoms with Gasteiger partial charge in [-0.3, -0.25) is 0 Å². The molecular formula is C16H25NO3.